The highest BCUT2D eigenvalue weighted by atomic mass is 32.2. The maximum absolute atomic E-state index is 13.4. The van der Waals surface area contributed by atoms with Crippen LogP contribution in [0, 0.1) is 5.82 Å². The molecule has 1 aromatic carbocycles. The van der Waals surface area contributed by atoms with Crippen LogP contribution in [0.15, 0.2) is 60.1 Å². The third-order valence-corrected chi connectivity index (χ3v) is 4.14. The van der Waals surface area contributed by atoms with Gasteiger partial charge >= 0.3 is 0 Å². The number of imidazole rings is 1. The normalized spacial score (nSPS) is 11.5. The molecule has 0 saturated carbocycles. The first-order chi connectivity index (χ1) is 10.4. The lowest BCUT2D eigenvalue weighted by Gasteiger charge is -2.08. The van der Waals surface area contributed by atoms with E-state index in [1.807, 2.05) is 0 Å². The van der Waals surface area contributed by atoms with Gasteiger partial charge in [-0.05, 0) is 24.3 Å². The van der Waals surface area contributed by atoms with E-state index in [4.69, 9.17) is 0 Å². The molecular formula is C15H12FN3O2S. The third-order valence-electron chi connectivity index (χ3n) is 3.14. The zero-order valence-electron chi connectivity index (χ0n) is 11.6. The van der Waals surface area contributed by atoms with Crippen LogP contribution in [0.4, 0.5) is 4.39 Å². The standard InChI is InChI=1S/C15H12FN3O2S/c1-22(20,21)15-6-5-13(8-18-15)19-10-17-9-14(19)11-3-2-4-12(16)7-11/h2-10H,1H3. The van der Waals surface area contributed by atoms with E-state index in [0.29, 0.717) is 16.9 Å². The Kier molecular flexibility index (Phi) is 3.50. The van der Waals surface area contributed by atoms with Crippen LogP contribution >= 0.6 is 0 Å². The van der Waals surface area contributed by atoms with Crippen molar-refractivity contribution in [2.45, 2.75) is 5.03 Å². The number of nitrogens with zero attached hydrogens (tertiary/aromatic N) is 3. The fourth-order valence-electron chi connectivity index (χ4n) is 2.10. The first kappa shape index (κ1) is 14.4. The van der Waals surface area contributed by atoms with Crippen LogP contribution in [0.5, 0.6) is 0 Å². The van der Waals surface area contributed by atoms with Crippen molar-refractivity contribution in [1.29, 1.82) is 0 Å². The van der Waals surface area contributed by atoms with Gasteiger partial charge in [0.2, 0.25) is 0 Å². The van der Waals surface area contributed by atoms with Crippen LogP contribution in [0.3, 0.4) is 0 Å². The molecule has 0 N–H and O–H groups in total. The monoisotopic (exact) mass is 317 g/mol. The van der Waals surface area contributed by atoms with E-state index in [-0.39, 0.29) is 10.8 Å². The average molecular weight is 317 g/mol. The molecule has 0 radical (unpaired) electrons. The summed E-state index contributed by atoms with van der Waals surface area (Å²) in [6.45, 7) is 0. The van der Waals surface area contributed by atoms with Crippen molar-refractivity contribution in [2.75, 3.05) is 6.26 Å². The van der Waals surface area contributed by atoms with Crippen LogP contribution in [0.25, 0.3) is 16.9 Å². The van der Waals surface area contributed by atoms with Gasteiger partial charge in [-0.15, -0.1) is 0 Å². The number of hydrogen-bond acceptors (Lipinski definition) is 4. The highest BCUT2D eigenvalue weighted by Gasteiger charge is 2.11. The molecule has 0 aliphatic rings. The first-order valence-electron chi connectivity index (χ1n) is 6.40. The summed E-state index contributed by atoms with van der Waals surface area (Å²) in [4.78, 5) is 8.02. The second kappa shape index (κ2) is 5.34. The van der Waals surface area contributed by atoms with Gasteiger partial charge in [0.15, 0.2) is 14.9 Å². The van der Waals surface area contributed by atoms with Gasteiger partial charge in [-0.2, -0.15) is 0 Å². The minimum absolute atomic E-state index is 0.00340. The van der Waals surface area contributed by atoms with E-state index in [2.05, 4.69) is 9.97 Å². The van der Waals surface area contributed by atoms with E-state index < -0.39 is 9.84 Å². The molecule has 0 unspecified atom stereocenters. The van der Waals surface area contributed by atoms with Crippen molar-refractivity contribution in [3.8, 4) is 16.9 Å². The Morgan fingerprint density at radius 3 is 2.59 bits per heavy atom. The number of halogens is 1. The number of benzene rings is 1. The van der Waals surface area contributed by atoms with Crippen molar-refractivity contribution in [3.05, 3.63) is 60.9 Å². The second-order valence-electron chi connectivity index (χ2n) is 4.79. The molecule has 112 valence electrons. The van der Waals surface area contributed by atoms with E-state index in [1.165, 1.54) is 24.4 Å². The molecule has 5 nitrogen and oxygen atoms in total. The van der Waals surface area contributed by atoms with Crippen LogP contribution in [0.2, 0.25) is 0 Å². The van der Waals surface area contributed by atoms with Crippen LogP contribution in [-0.2, 0) is 9.84 Å². The summed E-state index contributed by atoms with van der Waals surface area (Å²) in [6.07, 6.45) is 5.72. The molecule has 0 atom stereocenters. The first-order valence-corrected chi connectivity index (χ1v) is 8.29. The Morgan fingerprint density at radius 2 is 1.95 bits per heavy atom. The summed E-state index contributed by atoms with van der Waals surface area (Å²) in [7, 11) is -3.34. The number of aromatic nitrogens is 3. The van der Waals surface area contributed by atoms with Crippen LogP contribution in [-0.4, -0.2) is 29.2 Å². The summed E-state index contributed by atoms with van der Waals surface area (Å²) in [5.74, 6) is -0.337. The Balaban J connectivity index is 2.06. The molecule has 0 fully saturated rings. The van der Waals surface area contributed by atoms with Gasteiger partial charge in [0, 0.05) is 11.8 Å². The maximum atomic E-state index is 13.4. The zero-order valence-corrected chi connectivity index (χ0v) is 12.5. The highest BCUT2D eigenvalue weighted by Crippen LogP contribution is 2.23. The molecule has 0 aliphatic carbocycles. The predicted molar refractivity (Wildman–Crippen MR) is 79.9 cm³/mol. The summed E-state index contributed by atoms with van der Waals surface area (Å²) in [5, 5.41) is 0.00340. The topological polar surface area (TPSA) is 64.8 Å². The van der Waals surface area contributed by atoms with Gasteiger partial charge in [-0.3, -0.25) is 4.57 Å². The SMILES string of the molecule is CS(=O)(=O)c1ccc(-n2cncc2-c2cccc(F)c2)cn1. The number of rotatable bonds is 3. The lowest BCUT2D eigenvalue weighted by molar-refractivity contribution is 0.598. The van der Waals surface area contributed by atoms with Gasteiger partial charge in [0.1, 0.15) is 5.82 Å². The fourth-order valence-corrected chi connectivity index (χ4v) is 2.66. The molecule has 7 heteroatoms. The summed E-state index contributed by atoms with van der Waals surface area (Å²) in [6, 6.07) is 9.23. The van der Waals surface area contributed by atoms with E-state index >= 15 is 0 Å². The zero-order chi connectivity index (χ0) is 15.7. The van der Waals surface area contributed by atoms with E-state index in [0.717, 1.165) is 6.26 Å². The summed E-state index contributed by atoms with van der Waals surface area (Å²) >= 11 is 0. The van der Waals surface area contributed by atoms with Gasteiger partial charge in [0.05, 0.1) is 30.1 Å². The number of sulfone groups is 1. The largest absolute Gasteiger partial charge is 0.297 e. The molecule has 3 aromatic rings. The van der Waals surface area contributed by atoms with Gasteiger partial charge in [-0.25, -0.2) is 22.8 Å². The Labute approximate surface area is 127 Å². The molecule has 3 rings (SSSR count). The van der Waals surface area contributed by atoms with Crippen molar-refractivity contribution < 1.29 is 12.8 Å². The average Bonchev–Trinajstić information content (AvgIpc) is 2.96. The van der Waals surface area contributed by atoms with Gasteiger partial charge in [-0.1, -0.05) is 12.1 Å². The van der Waals surface area contributed by atoms with Crippen molar-refractivity contribution in [1.82, 2.24) is 14.5 Å². The van der Waals surface area contributed by atoms with Gasteiger partial charge in [0.25, 0.3) is 0 Å². The molecule has 0 amide bonds. The molecule has 0 aliphatic heterocycles. The van der Waals surface area contributed by atoms with Crippen molar-refractivity contribution in [3.63, 3.8) is 0 Å². The third kappa shape index (κ3) is 2.75. The lowest BCUT2D eigenvalue weighted by Crippen LogP contribution is -2.02. The number of pyridine rings is 1. The molecule has 0 spiro atoms. The predicted octanol–water partition coefficient (Wildman–Crippen LogP) is 2.48. The van der Waals surface area contributed by atoms with Crippen molar-refractivity contribution in [2.24, 2.45) is 0 Å². The fraction of sp³-hybridized carbons (Fsp3) is 0.0667. The van der Waals surface area contributed by atoms with E-state index in [9.17, 15) is 12.8 Å². The molecule has 2 heterocycles. The quantitative estimate of drug-likeness (QED) is 0.744. The lowest BCUT2D eigenvalue weighted by atomic mass is 10.1. The van der Waals surface area contributed by atoms with Crippen molar-refractivity contribution >= 4 is 9.84 Å². The van der Waals surface area contributed by atoms with Crippen LogP contribution in [0.1, 0.15) is 0 Å². The van der Waals surface area contributed by atoms with Gasteiger partial charge < -0.3 is 0 Å². The molecule has 22 heavy (non-hydrogen) atoms. The Hall–Kier alpha value is -2.54. The maximum Gasteiger partial charge on any atom is 0.192 e. The Morgan fingerprint density at radius 1 is 1.14 bits per heavy atom. The molecule has 2 aromatic heterocycles. The number of hydrogen-bond donors (Lipinski definition) is 0. The Bertz CT molecular complexity index is 918. The molecule has 0 bridgehead atoms. The van der Waals surface area contributed by atoms with E-state index in [1.54, 1.807) is 35.3 Å². The smallest absolute Gasteiger partial charge is 0.192 e. The summed E-state index contributed by atoms with van der Waals surface area (Å²) in [5.41, 5.74) is 2.00. The minimum Gasteiger partial charge on any atom is -0.297 e. The minimum atomic E-state index is -3.34. The second-order valence-corrected chi connectivity index (χ2v) is 6.75. The molecular weight excluding hydrogens is 305 g/mol. The highest BCUT2D eigenvalue weighted by molar-refractivity contribution is 7.90. The summed E-state index contributed by atoms with van der Waals surface area (Å²) < 4.78 is 38.0. The molecule has 0 saturated heterocycles. The van der Waals surface area contributed by atoms with Crippen LogP contribution < -0.4 is 0 Å².